The number of nitrogens with zero attached hydrogens (tertiary/aromatic N) is 1. The fraction of sp³-hybridized carbons (Fsp3) is 0.467. The Kier molecular flexibility index (Phi) is 6.87. The number of urea groups is 1. The molecule has 0 aromatic heterocycles. The van der Waals surface area contributed by atoms with Crippen LogP contribution in [0.5, 0.6) is 0 Å². The Balaban J connectivity index is 2.38. The molecule has 128 valence electrons. The summed E-state index contributed by atoms with van der Waals surface area (Å²) >= 11 is 0. The predicted molar refractivity (Wildman–Crippen MR) is 79.4 cm³/mol. The summed E-state index contributed by atoms with van der Waals surface area (Å²) in [5.41, 5.74) is 4.83. The smallest absolute Gasteiger partial charge is 0.352 e. The Bertz CT molecular complexity index is 530. The van der Waals surface area contributed by atoms with Crippen LogP contribution in [0.1, 0.15) is 30.4 Å². The Labute approximate surface area is 132 Å². The highest BCUT2D eigenvalue weighted by molar-refractivity contribution is 5.75. The molecule has 0 heterocycles. The van der Waals surface area contributed by atoms with Crippen LogP contribution in [0.2, 0.25) is 0 Å². The minimum atomic E-state index is -4.36. The maximum Gasteiger partial charge on any atom is 0.416 e. The third-order valence-electron chi connectivity index (χ3n) is 3.24. The molecule has 1 aromatic carbocycles. The predicted octanol–water partition coefficient (Wildman–Crippen LogP) is 2.50. The lowest BCUT2D eigenvalue weighted by Gasteiger charge is -2.17. The average Bonchev–Trinajstić information content (AvgIpc) is 2.46. The number of primary amides is 1. The maximum atomic E-state index is 12.5. The van der Waals surface area contributed by atoms with E-state index in [1.54, 1.807) is 7.05 Å². The van der Waals surface area contributed by atoms with Gasteiger partial charge >= 0.3 is 12.2 Å². The molecule has 1 aromatic rings. The molecule has 3 amide bonds. The van der Waals surface area contributed by atoms with Crippen molar-refractivity contribution in [2.45, 2.75) is 32.0 Å². The van der Waals surface area contributed by atoms with Gasteiger partial charge in [-0.25, -0.2) is 4.79 Å². The van der Waals surface area contributed by atoms with Crippen molar-refractivity contribution in [3.05, 3.63) is 35.4 Å². The number of carbonyl (C=O) groups is 2. The van der Waals surface area contributed by atoms with Crippen molar-refractivity contribution in [1.29, 1.82) is 0 Å². The summed E-state index contributed by atoms with van der Waals surface area (Å²) in [6, 6.07) is 4.13. The number of alkyl halides is 3. The lowest BCUT2D eigenvalue weighted by molar-refractivity contribution is -0.137. The molecule has 0 spiro atoms. The topological polar surface area (TPSA) is 75.4 Å². The zero-order valence-corrected chi connectivity index (χ0v) is 12.8. The zero-order chi connectivity index (χ0) is 17.5. The number of benzene rings is 1. The van der Waals surface area contributed by atoms with Crippen molar-refractivity contribution in [3.63, 3.8) is 0 Å². The van der Waals surface area contributed by atoms with Crippen molar-refractivity contribution in [1.82, 2.24) is 10.2 Å². The van der Waals surface area contributed by atoms with Gasteiger partial charge in [0.05, 0.1) is 5.56 Å². The number of halogens is 3. The Morgan fingerprint density at radius 1 is 1.17 bits per heavy atom. The molecule has 0 unspecified atom stereocenters. The number of nitrogens with two attached hydrogens (primary N) is 1. The van der Waals surface area contributed by atoms with Gasteiger partial charge in [-0.05, 0) is 30.5 Å². The molecule has 0 bridgehead atoms. The van der Waals surface area contributed by atoms with Crippen molar-refractivity contribution in [3.8, 4) is 0 Å². The van der Waals surface area contributed by atoms with Crippen molar-refractivity contribution >= 4 is 11.9 Å². The zero-order valence-electron chi connectivity index (χ0n) is 12.8. The standard InChI is InChI=1S/C15H20F3N3O2/c1-21(13(22)4-2-3-9-20-14(19)23)10-11-5-7-12(8-6-11)15(16,17)18/h5-8H,2-4,9-10H2,1H3,(H3,19,20,23). The van der Waals surface area contributed by atoms with Crippen LogP contribution in [-0.2, 0) is 17.5 Å². The van der Waals surface area contributed by atoms with E-state index in [1.807, 2.05) is 0 Å². The molecule has 0 saturated carbocycles. The second kappa shape index (κ2) is 8.40. The van der Waals surface area contributed by atoms with Crippen LogP contribution in [0.4, 0.5) is 18.0 Å². The first kappa shape index (κ1) is 18.8. The van der Waals surface area contributed by atoms with E-state index < -0.39 is 17.8 Å². The van der Waals surface area contributed by atoms with Gasteiger partial charge in [0.2, 0.25) is 5.91 Å². The molecule has 0 saturated heterocycles. The van der Waals surface area contributed by atoms with E-state index in [4.69, 9.17) is 5.73 Å². The minimum absolute atomic E-state index is 0.107. The summed E-state index contributed by atoms with van der Waals surface area (Å²) in [5, 5.41) is 2.43. The largest absolute Gasteiger partial charge is 0.416 e. The molecule has 0 radical (unpaired) electrons. The first-order chi connectivity index (χ1) is 10.7. The highest BCUT2D eigenvalue weighted by atomic mass is 19.4. The van der Waals surface area contributed by atoms with E-state index in [9.17, 15) is 22.8 Å². The monoisotopic (exact) mass is 331 g/mol. The summed E-state index contributed by atoms with van der Waals surface area (Å²) in [7, 11) is 1.60. The molecule has 0 aliphatic heterocycles. The van der Waals surface area contributed by atoms with Crippen LogP contribution >= 0.6 is 0 Å². The highest BCUT2D eigenvalue weighted by Crippen LogP contribution is 2.29. The van der Waals surface area contributed by atoms with Crippen LogP contribution in [0.25, 0.3) is 0 Å². The normalized spacial score (nSPS) is 11.1. The van der Waals surface area contributed by atoms with Crippen LogP contribution in [-0.4, -0.2) is 30.4 Å². The minimum Gasteiger partial charge on any atom is -0.352 e. The number of rotatable bonds is 7. The number of amides is 3. The number of nitrogens with one attached hydrogen (secondary N) is 1. The van der Waals surface area contributed by atoms with Gasteiger partial charge in [0.25, 0.3) is 0 Å². The molecule has 0 atom stereocenters. The van der Waals surface area contributed by atoms with Gasteiger partial charge in [-0.15, -0.1) is 0 Å². The Hall–Kier alpha value is -2.25. The SMILES string of the molecule is CN(Cc1ccc(C(F)(F)F)cc1)C(=O)CCCCNC(N)=O. The summed E-state index contributed by atoms with van der Waals surface area (Å²) in [5.74, 6) is -0.107. The third kappa shape index (κ3) is 7.03. The van der Waals surface area contributed by atoms with Gasteiger partial charge in [-0.3, -0.25) is 4.79 Å². The number of hydrogen-bond donors (Lipinski definition) is 2. The van der Waals surface area contributed by atoms with Gasteiger partial charge in [-0.1, -0.05) is 12.1 Å². The Morgan fingerprint density at radius 2 is 1.78 bits per heavy atom. The molecule has 3 N–H and O–H groups in total. The van der Waals surface area contributed by atoms with Crippen LogP contribution in [0.3, 0.4) is 0 Å². The second-order valence-electron chi connectivity index (χ2n) is 5.19. The molecule has 8 heteroatoms. The molecular weight excluding hydrogens is 311 g/mol. The molecule has 1 rings (SSSR count). The fourth-order valence-electron chi connectivity index (χ4n) is 1.96. The number of hydrogen-bond acceptors (Lipinski definition) is 2. The van der Waals surface area contributed by atoms with Crippen LogP contribution in [0.15, 0.2) is 24.3 Å². The van der Waals surface area contributed by atoms with E-state index in [-0.39, 0.29) is 12.5 Å². The lowest BCUT2D eigenvalue weighted by atomic mass is 10.1. The first-order valence-corrected chi connectivity index (χ1v) is 7.13. The van der Waals surface area contributed by atoms with E-state index >= 15 is 0 Å². The summed E-state index contributed by atoms with van der Waals surface area (Å²) in [4.78, 5) is 23.8. The highest BCUT2D eigenvalue weighted by Gasteiger charge is 2.29. The molecule has 0 aliphatic carbocycles. The summed E-state index contributed by atoms with van der Waals surface area (Å²) in [6.07, 6.45) is -2.84. The number of carbonyl (C=O) groups excluding carboxylic acids is 2. The van der Waals surface area contributed by atoms with Gasteiger partial charge in [0, 0.05) is 26.6 Å². The van der Waals surface area contributed by atoms with E-state index in [0.29, 0.717) is 31.4 Å². The Morgan fingerprint density at radius 3 is 2.30 bits per heavy atom. The fourth-order valence-corrected chi connectivity index (χ4v) is 1.96. The average molecular weight is 331 g/mol. The molecule has 0 fully saturated rings. The first-order valence-electron chi connectivity index (χ1n) is 7.13. The van der Waals surface area contributed by atoms with Crippen molar-refractivity contribution < 1.29 is 22.8 Å². The third-order valence-corrected chi connectivity index (χ3v) is 3.24. The van der Waals surface area contributed by atoms with Crippen LogP contribution in [0, 0.1) is 0 Å². The van der Waals surface area contributed by atoms with Gasteiger partial charge in [-0.2, -0.15) is 13.2 Å². The molecule has 0 aliphatic rings. The second-order valence-corrected chi connectivity index (χ2v) is 5.19. The summed E-state index contributed by atoms with van der Waals surface area (Å²) < 4.78 is 37.4. The van der Waals surface area contributed by atoms with Gasteiger partial charge in [0.15, 0.2) is 0 Å². The molecule has 5 nitrogen and oxygen atoms in total. The summed E-state index contributed by atoms with van der Waals surface area (Å²) in [6.45, 7) is 0.655. The van der Waals surface area contributed by atoms with E-state index in [0.717, 1.165) is 12.1 Å². The van der Waals surface area contributed by atoms with E-state index in [2.05, 4.69) is 5.32 Å². The van der Waals surface area contributed by atoms with Crippen LogP contribution < -0.4 is 11.1 Å². The van der Waals surface area contributed by atoms with Crippen molar-refractivity contribution in [2.75, 3.05) is 13.6 Å². The van der Waals surface area contributed by atoms with Gasteiger partial charge in [0.1, 0.15) is 0 Å². The quantitative estimate of drug-likeness (QED) is 0.753. The maximum absolute atomic E-state index is 12.5. The number of unbranched alkanes of at least 4 members (excludes halogenated alkanes) is 1. The van der Waals surface area contributed by atoms with E-state index in [1.165, 1.54) is 17.0 Å². The van der Waals surface area contributed by atoms with Crippen molar-refractivity contribution in [2.24, 2.45) is 5.73 Å². The van der Waals surface area contributed by atoms with Gasteiger partial charge < -0.3 is 16.0 Å². The molecule has 23 heavy (non-hydrogen) atoms. The lowest BCUT2D eigenvalue weighted by Crippen LogP contribution is -2.30. The molecular formula is C15H20F3N3O2.